The first-order valence-corrected chi connectivity index (χ1v) is 7.11. The number of aromatic nitrogens is 1. The molecule has 0 radical (unpaired) electrons. The van der Waals surface area contributed by atoms with Crippen molar-refractivity contribution >= 4 is 23.4 Å². The van der Waals surface area contributed by atoms with Gasteiger partial charge in [0, 0.05) is 17.5 Å². The number of fused-ring (bicyclic) bond motifs is 1. The first-order valence-electron chi connectivity index (χ1n) is 5.85. The zero-order chi connectivity index (χ0) is 12.5. The van der Waals surface area contributed by atoms with Crippen molar-refractivity contribution in [2.24, 2.45) is 5.73 Å². The summed E-state index contributed by atoms with van der Waals surface area (Å²) in [5, 5.41) is 2.00. The van der Waals surface area contributed by atoms with Crippen LogP contribution in [0.3, 0.4) is 0 Å². The second kappa shape index (κ2) is 4.92. The van der Waals surface area contributed by atoms with E-state index in [1.807, 2.05) is 18.2 Å². The van der Waals surface area contributed by atoms with Gasteiger partial charge in [-0.2, -0.15) is 0 Å². The van der Waals surface area contributed by atoms with E-state index in [2.05, 4.69) is 23.2 Å². The fourth-order valence-electron chi connectivity index (χ4n) is 2.29. The number of hydrogen-bond acceptors (Lipinski definition) is 3. The van der Waals surface area contributed by atoms with Crippen molar-refractivity contribution in [2.45, 2.75) is 22.7 Å². The van der Waals surface area contributed by atoms with E-state index >= 15 is 0 Å². The van der Waals surface area contributed by atoms with E-state index in [9.17, 15) is 0 Å². The highest BCUT2D eigenvalue weighted by Gasteiger charge is 2.30. The summed E-state index contributed by atoms with van der Waals surface area (Å²) in [5.41, 5.74) is 8.92. The molecule has 3 rings (SSSR count). The smallest absolute Gasteiger partial charge is 0.0964 e. The minimum atomic E-state index is 0.0867. The number of nitrogens with zero attached hydrogens (tertiary/aromatic N) is 1. The van der Waals surface area contributed by atoms with Gasteiger partial charge in [-0.25, -0.2) is 4.98 Å². The fraction of sp³-hybridized carbons (Fsp3) is 0.214. The van der Waals surface area contributed by atoms with Gasteiger partial charge in [0.25, 0.3) is 0 Å². The predicted molar refractivity (Wildman–Crippen MR) is 76.0 cm³/mol. The lowest BCUT2D eigenvalue weighted by atomic mass is 10.1. The van der Waals surface area contributed by atoms with E-state index in [1.165, 1.54) is 11.1 Å². The second-order valence-electron chi connectivity index (χ2n) is 4.40. The molecule has 1 aliphatic carbocycles. The van der Waals surface area contributed by atoms with Gasteiger partial charge in [0.2, 0.25) is 0 Å². The van der Waals surface area contributed by atoms with Crippen LogP contribution in [0.5, 0.6) is 0 Å². The zero-order valence-electron chi connectivity index (χ0n) is 9.71. The summed E-state index contributed by atoms with van der Waals surface area (Å²) < 4.78 is 0. The standard InChI is InChI=1S/C14H13ClN2S/c15-10-5-6-13(17-8-10)18-12-7-9-3-1-2-4-11(9)14(12)16/h1-6,8,12,14H,7,16H2. The molecule has 0 fully saturated rings. The van der Waals surface area contributed by atoms with Crippen LogP contribution in [0.25, 0.3) is 0 Å². The van der Waals surface area contributed by atoms with E-state index in [4.69, 9.17) is 17.3 Å². The van der Waals surface area contributed by atoms with Crippen molar-refractivity contribution in [2.75, 3.05) is 0 Å². The van der Waals surface area contributed by atoms with Gasteiger partial charge in [-0.1, -0.05) is 35.9 Å². The summed E-state index contributed by atoms with van der Waals surface area (Å²) in [5.74, 6) is 0. The Morgan fingerprint density at radius 1 is 1.22 bits per heavy atom. The molecule has 2 unspecified atom stereocenters. The van der Waals surface area contributed by atoms with Crippen LogP contribution in [0.2, 0.25) is 5.02 Å². The summed E-state index contributed by atoms with van der Waals surface area (Å²) in [4.78, 5) is 4.31. The van der Waals surface area contributed by atoms with Gasteiger partial charge in [-0.3, -0.25) is 0 Å². The Morgan fingerprint density at radius 2 is 2.06 bits per heavy atom. The van der Waals surface area contributed by atoms with Crippen molar-refractivity contribution in [1.29, 1.82) is 0 Å². The van der Waals surface area contributed by atoms with Crippen molar-refractivity contribution in [3.8, 4) is 0 Å². The number of thioether (sulfide) groups is 1. The van der Waals surface area contributed by atoms with Gasteiger partial charge in [-0.15, -0.1) is 11.8 Å². The number of nitrogens with two attached hydrogens (primary N) is 1. The quantitative estimate of drug-likeness (QED) is 0.913. The molecule has 0 spiro atoms. The summed E-state index contributed by atoms with van der Waals surface area (Å²) >= 11 is 7.56. The maximum Gasteiger partial charge on any atom is 0.0964 e. The van der Waals surface area contributed by atoms with E-state index in [0.717, 1.165) is 11.4 Å². The van der Waals surface area contributed by atoms with Crippen LogP contribution in [0, 0.1) is 0 Å². The highest BCUT2D eigenvalue weighted by atomic mass is 35.5. The highest BCUT2D eigenvalue weighted by Crippen LogP contribution is 2.39. The Morgan fingerprint density at radius 3 is 2.78 bits per heavy atom. The van der Waals surface area contributed by atoms with E-state index < -0.39 is 0 Å². The van der Waals surface area contributed by atoms with Crippen LogP contribution in [-0.4, -0.2) is 10.2 Å². The average molecular weight is 277 g/mol. The molecule has 2 aromatic rings. The number of hydrogen-bond donors (Lipinski definition) is 1. The highest BCUT2D eigenvalue weighted by molar-refractivity contribution is 7.99. The van der Waals surface area contributed by atoms with Crippen LogP contribution >= 0.6 is 23.4 Å². The molecule has 0 saturated carbocycles. The molecule has 0 amide bonds. The molecule has 1 aromatic carbocycles. The normalized spacial score (nSPS) is 21.9. The Labute approximate surface area is 116 Å². The molecule has 2 atom stereocenters. The van der Waals surface area contributed by atoms with E-state index in [0.29, 0.717) is 10.3 Å². The summed E-state index contributed by atoms with van der Waals surface area (Å²) in [6, 6.07) is 12.3. The summed E-state index contributed by atoms with van der Waals surface area (Å²) in [6.07, 6.45) is 2.68. The first kappa shape index (κ1) is 12.0. The lowest BCUT2D eigenvalue weighted by molar-refractivity contribution is 0.730. The maximum absolute atomic E-state index is 6.29. The molecule has 2 N–H and O–H groups in total. The predicted octanol–water partition coefficient (Wildman–Crippen LogP) is 3.45. The van der Waals surface area contributed by atoms with Crippen molar-refractivity contribution in [3.63, 3.8) is 0 Å². The van der Waals surface area contributed by atoms with Crippen LogP contribution in [0.4, 0.5) is 0 Å². The van der Waals surface area contributed by atoms with Gasteiger partial charge in [0.1, 0.15) is 0 Å². The third-order valence-electron chi connectivity index (χ3n) is 3.21. The van der Waals surface area contributed by atoms with Gasteiger partial charge in [-0.05, 0) is 29.7 Å². The summed E-state index contributed by atoms with van der Waals surface area (Å²) in [6.45, 7) is 0. The molecular formula is C14H13ClN2S. The van der Waals surface area contributed by atoms with Crippen LogP contribution in [0.1, 0.15) is 17.2 Å². The third kappa shape index (κ3) is 2.26. The zero-order valence-corrected chi connectivity index (χ0v) is 11.3. The summed E-state index contributed by atoms with van der Waals surface area (Å²) in [7, 11) is 0. The molecule has 1 aromatic heterocycles. The molecule has 4 heteroatoms. The molecule has 18 heavy (non-hydrogen) atoms. The van der Waals surface area contributed by atoms with Crippen LogP contribution in [-0.2, 0) is 6.42 Å². The van der Waals surface area contributed by atoms with Crippen molar-refractivity contribution in [3.05, 3.63) is 58.7 Å². The molecule has 0 saturated heterocycles. The minimum Gasteiger partial charge on any atom is -0.323 e. The molecule has 1 heterocycles. The van der Waals surface area contributed by atoms with Crippen LogP contribution in [0.15, 0.2) is 47.6 Å². The Kier molecular flexibility index (Phi) is 3.29. The van der Waals surface area contributed by atoms with Crippen molar-refractivity contribution < 1.29 is 0 Å². The van der Waals surface area contributed by atoms with Gasteiger partial charge >= 0.3 is 0 Å². The molecule has 92 valence electrons. The van der Waals surface area contributed by atoms with E-state index in [-0.39, 0.29) is 6.04 Å². The van der Waals surface area contributed by atoms with Gasteiger partial charge < -0.3 is 5.73 Å². The monoisotopic (exact) mass is 276 g/mol. The largest absolute Gasteiger partial charge is 0.323 e. The van der Waals surface area contributed by atoms with Crippen LogP contribution < -0.4 is 5.73 Å². The Hall–Kier alpha value is -1.03. The number of rotatable bonds is 2. The number of benzene rings is 1. The van der Waals surface area contributed by atoms with Gasteiger partial charge in [0.05, 0.1) is 10.0 Å². The Balaban J connectivity index is 1.78. The SMILES string of the molecule is NC1c2ccccc2CC1Sc1ccc(Cl)cn1. The maximum atomic E-state index is 6.29. The molecule has 1 aliphatic rings. The number of halogens is 1. The van der Waals surface area contributed by atoms with Gasteiger partial charge in [0.15, 0.2) is 0 Å². The second-order valence-corrected chi connectivity index (χ2v) is 6.10. The third-order valence-corrected chi connectivity index (χ3v) is 4.68. The Bertz CT molecular complexity index is 556. The van der Waals surface area contributed by atoms with Crippen molar-refractivity contribution in [1.82, 2.24) is 4.98 Å². The molecule has 0 aliphatic heterocycles. The lowest BCUT2D eigenvalue weighted by Gasteiger charge is -2.14. The molecular weight excluding hydrogens is 264 g/mol. The first-order chi connectivity index (χ1) is 8.74. The number of pyridine rings is 1. The lowest BCUT2D eigenvalue weighted by Crippen LogP contribution is -2.18. The molecule has 0 bridgehead atoms. The molecule has 2 nitrogen and oxygen atoms in total. The topological polar surface area (TPSA) is 38.9 Å². The fourth-order valence-corrected chi connectivity index (χ4v) is 3.53. The van der Waals surface area contributed by atoms with E-state index in [1.54, 1.807) is 18.0 Å². The average Bonchev–Trinajstić information content (AvgIpc) is 2.70. The minimum absolute atomic E-state index is 0.0867.